The minimum atomic E-state index is -0.931. The van der Waals surface area contributed by atoms with Crippen molar-refractivity contribution in [1.29, 1.82) is 0 Å². The minimum absolute atomic E-state index is 0.147. The zero-order valence-electron chi connectivity index (χ0n) is 6.36. The topological polar surface area (TPSA) is 75.8 Å². The second-order valence-corrected chi connectivity index (χ2v) is 2.63. The predicted octanol–water partition coefficient (Wildman–Crippen LogP) is -0.678. The first kappa shape index (κ1) is 8.29. The number of hydrogen-bond acceptors (Lipinski definition) is 3. The zero-order chi connectivity index (χ0) is 8.43. The Morgan fingerprint density at radius 1 is 1.73 bits per heavy atom. The van der Waals surface area contributed by atoms with E-state index in [1.807, 2.05) is 0 Å². The molecule has 1 rings (SSSR count). The van der Waals surface area contributed by atoms with Gasteiger partial charge in [0.1, 0.15) is 0 Å². The van der Waals surface area contributed by atoms with Gasteiger partial charge >= 0.3 is 6.09 Å². The number of carbonyl (C=O) groups is 1. The summed E-state index contributed by atoms with van der Waals surface area (Å²) in [5, 5.41) is 8.56. The average Bonchev–Trinajstić information content (AvgIpc) is 2.31. The lowest BCUT2D eigenvalue weighted by molar-refractivity contribution is 0.0954. The molecule has 0 unspecified atom stereocenters. The molecule has 1 amide bonds. The zero-order valence-corrected chi connectivity index (χ0v) is 6.36. The second kappa shape index (κ2) is 3.06. The fourth-order valence-electron chi connectivity index (χ4n) is 1.20. The van der Waals surface area contributed by atoms with Crippen molar-refractivity contribution in [2.24, 2.45) is 5.73 Å². The lowest BCUT2D eigenvalue weighted by Gasteiger charge is -2.10. The van der Waals surface area contributed by atoms with Crippen LogP contribution in [-0.2, 0) is 4.74 Å². The molecule has 0 aromatic carbocycles. The summed E-state index contributed by atoms with van der Waals surface area (Å²) in [5.41, 5.74) is 5.59. The van der Waals surface area contributed by atoms with Crippen LogP contribution in [0.3, 0.4) is 0 Å². The SMILES string of the molecule is CO[C@@H]1CN(C(=O)O)C[C@H]1N. The molecule has 1 aliphatic rings. The first-order valence-electron chi connectivity index (χ1n) is 3.41. The van der Waals surface area contributed by atoms with Crippen LogP contribution < -0.4 is 5.73 Å². The number of methoxy groups -OCH3 is 1. The minimum Gasteiger partial charge on any atom is -0.465 e. The van der Waals surface area contributed by atoms with Gasteiger partial charge < -0.3 is 20.5 Å². The smallest absolute Gasteiger partial charge is 0.407 e. The Balaban J connectivity index is 2.49. The van der Waals surface area contributed by atoms with Gasteiger partial charge in [-0.25, -0.2) is 4.79 Å². The van der Waals surface area contributed by atoms with Crippen molar-refractivity contribution in [3.8, 4) is 0 Å². The first-order valence-corrected chi connectivity index (χ1v) is 3.41. The molecule has 0 aromatic rings. The van der Waals surface area contributed by atoms with Gasteiger partial charge in [0.25, 0.3) is 0 Å². The van der Waals surface area contributed by atoms with Gasteiger partial charge in [-0.1, -0.05) is 0 Å². The third-order valence-electron chi connectivity index (χ3n) is 1.88. The summed E-state index contributed by atoms with van der Waals surface area (Å²) < 4.78 is 4.97. The number of likely N-dealkylation sites (tertiary alicyclic amines) is 1. The monoisotopic (exact) mass is 160 g/mol. The largest absolute Gasteiger partial charge is 0.465 e. The number of ether oxygens (including phenoxy) is 1. The molecular formula is C6H12N2O3. The predicted molar refractivity (Wildman–Crippen MR) is 38.4 cm³/mol. The van der Waals surface area contributed by atoms with E-state index in [-0.39, 0.29) is 12.1 Å². The number of hydrogen-bond donors (Lipinski definition) is 2. The van der Waals surface area contributed by atoms with Gasteiger partial charge in [0.15, 0.2) is 0 Å². The third-order valence-corrected chi connectivity index (χ3v) is 1.88. The molecule has 5 heteroatoms. The highest BCUT2D eigenvalue weighted by atomic mass is 16.5. The first-order chi connectivity index (χ1) is 5.15. The van der Waals surface area contributed by atoms with Crippen LogP contribution in [0.25, 0.3) is 0 Å². The van der Waals surface area contributed by atoms with Crippen LogP contribution in [0.4, 0.5) is 4.79 Å². The Labute approximate surface area is 64.7 Å². The van der Waals surface area contributed by atoms with Gasteiger partial charge in [-0.05, 0) is 0 Å². The van der Waals surface area contributed by atoms with E-state index in [4.69, 9.17) is 15.6 Å². The van der Waals surface area contributed by atoms with Gasteiger partial charge in [0.05, 0.1) is 18.7 Å². The Kier molecular flexibility index (Phi) is 2.31. The van der Waals surface area contributed by atoms with E-state index < -0.39 is 6.09 Å². The summed E-state index contributed by atoms with van der Waals surface area (Å²) >= 11 is 0. The van der Waals surface area contributed by atoms with Crippen molar-refractivity contribution in [1.82, 2.24) is 4.90 Å². The summed E-state index contributed by atoms with van der Waals surface area (Å²) in [5.74, 6) is 0. The van der Waals surface area contributed by atoms with E-state index in [1.54, 1.807) is 0 Å². The molecule has 0 radical (unpaired) electrons. The molecule has 64 valence electrons. The van der Waals surface area contributed by atoms with Crippen molar-refractivity contribution in [3.05, 3.63) is 0 Å². The quantitative estimate of drug-likeness (QED) is 0.533. The molecule has 2 atom stereocenters. The second-order valence-electron chi connectivity index (χ2n) is 2.63. The van der Waals surface area contributed by atoms with Crippen molar-refractivity contribution >= 4 is 6.09 Å². The van der Waals surface area contributed by atoms with Gasteiger partial charge in [0, 0.05) is 13.7 Å². The number of nitrogens with two attached hydrogens (primary N) is 1. The van der Waals surface area contributed by atoms with Crippen molar-refractivity contribution in [2.45, 2.75) is 12.1 Å². The molecule has 1 aliphatic heterocycles. The molecule has 1 saturated heterocycles. The number of amides is 1. The molecule has 0 aliphatic carbocycles. The Morgan fingerprint density at radius 3 is 2.64 bits per heavy atom. The van der Waals surface area contributed by atoms with Crippen LogP contribution in [-0.4, -0.2) is 48.4 Å². The summed E-state index contributed by atoms with van der Waals surface area (Å²) in [6, 6.07) is -0.184. The molecule has 0 bridgehead atoms. The van der Waals surface area contributed by atoms with Crippen LogP contribution in [0.15, 0.2) is 0 Å². The lowest BCUT2D eigenvalue weighted by atomic mass is 10.2. The van der Waals surface area contributed by atoms with Gasteiger partial charge in [-0.2, -0.15) is 0 Å². The van der Waals surface area contributed by atoms with Crippen LogP contribution in [0.2, 0.25) is 0 Å². The van der Waals surface area contributed by atoms with Gasteiger partial charge in [-0.3, -0.25) is 0 Å². The van der Waals surface area contributed by atoms with Crippen molar-refractivity contribution in [3.63, 3.8) is 0 Å². The molecule has 0 spiro atoms. The van der Waals surface area contributed by atoms with Crippen LogP contribution in [0.1, 0.15) is 0 Å². The van der Waals surface area contributed by atoms with Crippen LogP contribution in [0.5, 0.6) is 0 Å². The van der Waals surface area contributed by atoms with E-state index in [0.717, 1.165) is 0 Å². The fraction of sp³-hybridized carbons (Fsp3) is 0.833. The highest BCUT2D eigenvalue weighted by Gasteiger charge is 2.32. The summed E-state index contributed by atoms with van der Waals surface area (Å²) in [6.45, 7) is 0.751. The standard InChI is InChI=1S/C6H12N2O3/c1-11-5-3-8(6(9)10)2-4(5)7/h4-5H,2-3,7H2,1H3,(H,9,10)/t4-,5-/m1/s1. The van der Waals surface area contributed by atoms with Crippen LogP contribution in [0, 0.1) is 0 Å². The summed E-state index contributed by atoms with van der Waals surface area (Å²) in [4.78, 5) is 11.7. The highest BCUT2D eigenvalue weighted by molar-refractivity contribution is 5.65. The molecule has 11 heavy (non-hydrogen) atoms. The Bertz CT molecular complexity index is 162. The third kappa shape index (κ3) is 1.61. The highest BCUT2D eigenvalue weighted by Crippen LogP contribution is 2.10. The number of carboxylic acid groups (broad SMARTS) is 1. The molecule has 1 heterocycles. The molecule has 0 saturated carbocycles. The molecule has 0 aromatic heterocycles. The van der Waals surface area contributed by atoms with Crippen molar-refractivity contribution in [2.75, 3.05) is 20.2 Å². The average molecular weight is 160 g/mol. The maximum Gasteiger partial charge on any atom is 0.407 e. The summed E-state index contributed by atoms with van der Waals surface area (Å²) in [6.07, 6.45) is -1.08. The lowest BCUT2D eigenvalue weighted by Crippen LogP contribution is -2.34. The van der Waals surface area contributed by atoms with Gasteiger partial charge in [-0.15, -0.1) is 0 Å². The fourth-order valence-corrected chi connectivity index (χ4v) is 1.20. The Morgan fingerprint density at radius 2 is 2.36 bits per heavy atom. The Hall–Kier alpha value is -0.810. The molecular weight excluding hydrogens is 148 g/mol. The normalized spacial score (nSPS) is 30.9. The maximum absolute atomic E-state index is 10.4. The summed E-state index contributed by atoms with van der Waals surface area (Å²) in [7, 11) is 1.54. The van der Waals surface area contributed by atoms with Crippen LogP contribution >= 0.6 is 0 Å². The van der Waals surface area contributed by atoms with Crippen molar-refractivity contribution < 1.29 is 14.6 Å². The maximum atomic E-state index is 10.4. The van der Waals surface area contributed by atoms with E-state index in [1.165, 1.54) is 12.0 Å². The number of nitrogens with zero attached hydrogens (tertiary/aromatic N) is 1. The number of rotatable bonds is 1. The van der Waals surface area contributed by atoms with E-state index >= 15 is 0 Å². The van der Waals surface area contributed by atoms with E-state index in [0.29, 0.717) is 13.1 Å². The van der Waals surface area contributed by atoms with Gasteiger partial charge in [0.2, 0.25) is 0 Å². The van der Waals surface area contributed by atoms with E-state index in [9.17, 15) is 4.79 Å². The molecule has 3 N–H and O–H groups in total. The molecule has 1 fully saturated rings. The van der Waals surface area contributed by atoms with E-state index in [2.05, 4.69) is 0 Å². The molecule has 5 nitrogen and oxygen atoms in total.